The molecule has 0 atom stereocenters. The Morgan fingerprint density at radius 3 is 2.33 bits per heavy atom. The molecule has 1 heterocycles. The Balaban J connectivity index is 1.81. The normalized spacial score (nSPS) is 16.3. The number of hydrogen-bond donors (Lipinski definition) is 2. The van der Waals surface area contributed by atoms with Crippen LogP contribution in [0.15, 0.2) is 24.3 Å². The number of nitrogens with two attached hydrogens (primary N) is 1. The molecule has 2 rings (SSSR count). The van der Waals surface area contributed by atoms with Crippen molar-refractivity contribution < 1.29 is 4.79 Å². The second kappa shape index (κ2) is 7.43. The van der Waals surface area contributed by atoms with Crippen LogP contribution in [0, 0.1) is 5.92 Å². The van der Waals surface area contributed by atoms with E-state index < -0.39 is 0 Å². The maximum Gasteiger partial charge on any atom is 0.321 e. The molecule has 1 saturated heterocycles. The quantitative estimate of drug-likeness (QED) is 0.891. The number of carbonyl (C=O) groups is 1. The van der Waals surface area contributed by atoms with Crippen LogP contribution in [-0.4, -0.2) is 48.6 Å². The topological polar surface area (TPSA) is 61.6 Å². The number of benzene rings is 1. The van der Waals surface area contributed by atoms with E-state index in [1.54, 1.807) is 0 Å². The van der Waals surface area contributed by atoms with E-state index in [1.165, 1.54) is 0 Å². The highest BCUT2D eigenvalue weighted by Crippen LogP contribution is 2.11. The third-order valence-corrected chi connectivity index (χ3v) is 3.72. The van der Waals surface area contributed by atoms with E-state index in [-0.39, 0.29) is 6.03 Å². The zero-order valence-corrected chi connectivity index (χ0v) is 13.0. The molecule has 1 aliphatic heterocycles. The maximum atomic E-state index is 12.2. The number of anilines is 1. The van der Waals surface area contributed by atoms with Crippen LogP contribution < -0.4 is 11.1 Å². The third kappa shape index (κ3) is 4.72. The van der Waals surface area contributed by atoms with Crippen molar-refractivity contribution in [1.82, 2.24) is 9.80 Å². The van der Waals surface area contributed by atoms with Gasteiger partial charge < -0.3 is 16.0 Å². The van der Waals surface area contributed by atoms with Crippen molar-refractivity contribution in [2.24, 2.45) is 11.7 Å². The summed E-state index contributed by atoms with van der Waals surface area (Å²) in [6.45, 7) is 9.57. The molecule has 1 aliphatic rings. The number of rotatable bonds is 4. The summed E-state index contributed by atoms with van der Waals surface area (Å²) in [6, 6.07) is 7.66. The monoisotopic (exact) mass is 290 g/mol. The first-order chi connectivity index (χ1) is 10.1. The van der Waals surface area contributed by atoms with Gasteiger partial charge in [-0.2, -0.15) is 0 Å². The molecule has 0 bridgehead atoms. The molecule has 5 nitrogen and oxygen atoms in total. The van der Waals surface area contributed by atoms with E-state index in [4.69, 9.17) is 5.73 Å². The van der Waals surface area contributed by atoms with Crippen LogP contribution in [0.3, 0.4) is 0 Å². The molecule has 0 saturated carbocycles. The van der Waals surface area contributed by atoms with Crippen molar-refractivity contribution in [2.45, 2.75) is 20.4 Å². The van der Waals surface area contributed by atoms with Crippen molar-refractivity contribution in [3.05, 3.63) is 29.8 Å². The first-order valence-corrected chi connectivity index (χ1v) is 7.65. The fourth-order valence-electron chi connectivity index (χ4n) is 2.58. The predicted octanol–water partition coefficient (Wildman–Crippen LogP) is 1.95. The smallest absolute Gasteiger partial charge is 0.321 e. The van der Waals surface area contributed by atoms with E-state index in [0.29, 0.717) is 12.5 Å². The largest absolute Gasteiger partial charge is 0.326 e. The first-order valence-electron chi connectivity index (χ1n) is 7.65. The van der Waals surface area contributed by atoms with Gasteiger partial charge in [0.1, 0.15) is 0 Å². The van der Waals surface area contributed by atoms with Gasteiger partial charge in [0.25, 0.3) is 0 Å². The van der Waals surface area contributed by atoms with Gasteiger partial charge in [-0.3, -0.25) is 4.90 Å². The second-order valence-corrected chi connectivity index (χ2v) is 6.01. The summed E-state index contributed by atoms with van der Waals surface area (Å²) in [6.07, 6.45) is 0. The molecule has 0 unspecified atom stereocenters. The summed E-state index contributed by atoms with van der Waals surface area (Å²) in [5.74, 6) is 0.673. The molecule has 1 aromatic rings. The van der Waals surface area contributed by atoms with Crippen molar-refractivity contribution in [3.63, 3.8) is 0 Å². The van der Waals surface area contributed by atoms with E-state index in [2.05, 4.69) is 24.1 Å². The molecular formula is C16H26N4O. The number of nitrogens with zero attached hydrogens (tertiary/aromatic N) is 2. The van der Waals surface area contributed by atoms with Crippen molar-refractivity contribution in [2.75, 3.05) is 38.0 Å². The van der Waals surface area contributed by atoms with Crippen LogP contribution in [-0.2, 0) is 6.54 Å². The van der Waals surface area contributed by atoms with Gasteiger partial charge in [-0.05, 0) is 23.6 Å². The Morgan fingerprint density at radius 1 is 1.19 bits per heavy atom. The zero-order valence-electron chi connectivity index (χ0n) is 13.0. The van der Waals surface area contributed by atoms with Crippen LogP contribution in [0.4, 0.5) is 10.5 Å². The summed E-state index contributed by atoms with van der Waals surface area (Å²) < 4.78 is 0. The van der Waals surface area contributed by atoms with Crippen molar-refractivity contribution in [3.8, 4) is 0 Å². The minimum absolute atomic E-state index is 0.0142. The summed E-state index contributed by atoms with van der Waals surface area (Å²) in [4.78, 5) is 16.5. The minimum atomic E-state index is -0.0142. The van der Waals surface area contributed by atoms with Gasteiger partial charge in [-0.15, -0.1) is 0 Å². The van der Waals surface area contributed by atoms with Gasteiger partial charge in [-0.25, -0.2) is 4.79 Å². The number of nitrogens with one attached hydrogen (secondary N) is 1. The predicted molar refractivity (Wildman–Crippen MR) is 86.2 cm³/mol. The van der Waals surface area contributed by atoms with Gasteiger partial charge >= 0.3 is 6.03 Å². The first kappa shape index (κ1) is 15.8. The van der Waals surface area contributed by atoms with Crippen molar-refractivity contribution in [1.29, 1.82) is 0 Å². The van der Waals surface area contributed by atoms with Gasteiger partial charge in [-0.1, -0.05) is 26.0 Å². The number of amides is 2. The van der Waals surface area contributed by atoms with E-state index in [9.17, 15) is 4.79 Å². The van der Waals surface area contributed by atoms with Gasteiger partial charge in [0.2, 0.25) is 0 Å². The minimum Gasteiger partial charge on any atom is -0.326 e. The average Bonchev–Trinajstić information content (AvgIpc) is 2.48. The van der Waals surface area contributed by atoms with E-state index in [1.807, 2.05) is 29.2 Å². The molecule has 0 spiro atoms. The standard InChI is InChI=1S/C16H26N4O/c1-13(2)12-19-7-9-20(10-8-19)16(21)18-15-5-3-14(11-17)4-6-15/h3-6,13H,7-12,17H2,1-2H3,(H,18,21). The molecule has 5 heteroatoms. The lowest BCUT2D eigenvalue weighted by Crippen LogP contribution is -2.50. The molecule has 2 amide bonds. The Morgan fingerprint density at radius 2 is 1.81 bits per heavy atom. The fraction of sp³-hybridized carbons (Fsp3) is 0.562. The third-order valence-electron chi connectivity index (χ3n) is 3.72. The van der Waals surface area contributed by atoms with E-state index in [0.717, 1.165) is 44.0 Å². The Hall–Kier alpha value is -1.59. The Labute approximate surface area is 127 Å². The number of piperazine rings is 1. The number of carbonyl (C=O) groups excluding carboxylic acids is 1. The van der Waals surface area contributed by atoms with Crippen LogP contribution >= 0.6 is 0 Å². The Bertz CT molecular complexity index is 450. The average molecular weight is 290 g/mol. The lowest BCUT2D eigenvalue weighted by Gasteiger charge is -2.35. The molecule has 1 aromatic carbocycles. The van der Waals surface area contributed by atoms with Gasteiger partial charge in [0.05, 0.1) is 0 Å². The van der Waals surface area contributed by atoms with Crippen LogP contribution in [0.5, 0.6) is 0 Å². The maximum absolute atomic E-state index is 12.2. The molecule has 1 fully saturated rings. The molecule has 21 heavy (non-hydrogen) atoms. The number of hydrogen-bond acceptors (Lipinski definition) is 3. The van der Waals surface area contributed by atoms with Crippen LogP contribution in [0.25, 0.3) is 0 Å². The molecule has 3 N–H and O–H groups in total. The van der Waals surface area contributed by atoms with Crippen molar-refractivity contribution >= 4 is 11.7 Å². The van der Waals surface area contributed by atoms with Gasteiger partial charge in [0, 0.05) is 45.0 Å². The fourth-order valence-corrected chi connectivity index (χ4v) is 2.58. The lowest BCUT2D eigenvalue weighted by atomic mass is 10.2. The second-order valence-electron chi connectivity index (χ2n) is 6.01. The highest BCUT2D eigenvalue weighted by molar-refractivity contribution is 5.89. The number of urea groups is 1. The SMILES string of the molecule is CC(C)CN1CCN(C(=O)Nc2ccc(CN)cc2)CC1. The summed E-state index contributed by atoms with van der Waals surface area (Å²) >= 11 is 0. The van der Waals surface area contributed by atoms with Crippen LogP contribution in [0.1, 0.15) is 19.4 Å². The van der Waals surface area contributed by atoms with Gasteiger partial charge in [0.15, 0.2) is 0 Å². The molecule has 0 radical (unpaired) electrons. The summed E-state index contributed by atoms with van der Waals surface area (Å²) in [7, 11) is 0. The van der Waals surface area contributed by atoms with E-state index >= 15 is 0 Å². The molecule has 0 aromatic heterocycles. The Kier molecular flexibility index (Phi) is 5.59. The molecular weight excluding hydrogens is 264 g/mol. The van der Waals surface area contributed by atoms with Crippen LogP contribution in [0.2, 0.25) is 0 Å². The lowest BCUT2D eigenvalue weighted by molar-refractivity contribution is 0.138. The zero-order chi connectivity index (χ0) is 15.2. The highest BCUT2D eigenvalue weighted by atomic mass is 16.2. The summed E-state index contributed by atoms with van der Waals surface area (Å²) in [5, 5.41) is 2.95. The molecule has 0 aliphatic carbocycles. The summed E-state index contributed by atoms with van der Waals surface area (Å²) in [5.41, 5.74) is 7.45. The molecule has 116 valence electrons. The highest BCUT2D eigenvalue weighted by Gasteiger charge is 2.21.